The number of carboxylic acid groups (broad SMARTS) is 1. The summed E-state index contributed by atoms with van der Waals surface area (Å²) in [4.78, 5) is 12.4. The number of hydrogen-bond donors (Lipinski definition) is 1. The first-order valence-corrected chi connectivity index (χ1v) is 6.36. The highest BCUT2D eigenvalue weighted by Gasteiger charge is 2.08. The van der Waals surface area contributed by atoms with Gasteiger partial charge in [-0.2, -0.15) is 0 Å². The number of aromatic carboxylic acids is 1. The first kappa shape index (κ1) is 14.2. The molecule has 0 saturated heterocycles. The molecule has 0 aliphatic heterocycles. The molecule has 0 radical (unpaired) electrons. The maximum atomic E-state index is 13.1. The van der Waals surface area contributed by atoms with Crippen molar-refractivity contribution in [2.75, 3.05) is 14.1 Å². The van der Waals surface area contributed by atoms with Crippen molar-refractivity contribution in [3.8, 4) is 11.1 Å². The van der Waals surface area contributed by atoms with Gasteiger partial charge in [-0.1, -0.05) is 30.3 Å². The minimum absolute atomic E-state index is 0.129. The topological polar surface area (TPSA) is 44.6 Å². The quantitative estimate of drug-likeness (QED) is 0.881. The predicted molar refractivity (Wildman–Crippen MR) is 72.7 cm³/mol. The van der Waals surface area contributed by atoms with Crippen LogP contribution in [-0.2, 0) is 6.54 Å². The molecular formula is C16H16FNO2. The lowest BCUT2D eigenvalue weighted by atomic mass is 9.98. The van der Waals surface area contributed by atoms with Gasteiger partial charge in [0.25, 0.3) is 0 Å². The molecule has 0 fully saturated rings. The van der Waals surface area contributed by atoms with Crippen molar-refractivity contribution in [3.05, 3.63) is 59.4 Å². The Bertz CT molecular complexity index is 621. The number of hydrogen-bond acceptors (Lipinski definition) is 2. The van der Waals surface area contributed by atoms with Crippen LogP contribution in [0.5, 0.6) is 0 Å². The number of carbonyl (C=O) groups is 1. The Kier molecular flexibility index (Phi) is 4.15. The minimum atomic E-state index is -1.37. The maximum absolute atomic E-state index is 13.1. The van der Waals surface area contributed by atoms with Crippen LogP contribution >= 0.6 is 0 Å². The molecule has 0 saturated carbocycles. The third-order valence-corrected chi connectivity index (χ3v) is 3.02. The van der Waals surface area contributed by atoms with Gasteiger partial charge in [0.2, 0.25) is 0 Å². The van der Waals surface area contributed by atoms with Gasteiger partial charge in [0.15, 0.2) is 0 Å². The fraction of sp³-hybridized carbons (Fsp3) is 0.188. The number of rotatable bonds is 4. The highest BCUT2D eigenvalue weighted by molar-refractivity contribution is 5.94. The molecule has 0 heterocycles. The van der Waals surface area contributed by atoms with Gasteiger partial charge in [-0.05, 0) is 23.3 Å². The molecule has 0 unspecified atom stereocenters. The van der Waals surface area contributed by atoms with Crippen LogP contribution in [0.3, 0.4) is 0 Å². The molecule has 0 aromatic heterocycles. The molecule has 2 aromatic rings. The average molecular weight is 273 g/mol. The Morgan fingerprint density at radius 3 is 2.35 bits per heavy atom. The first-order chi connectivity index (χ1) is 9.47. The summed E-state index contributed by atoms with van der Waals surface area (Å²) in [6, 6.07) is 11.3. The smallest absolute Gasteiger partial charge is 0.123 e. The van der Waals surface area contributed by atoms with Crippen LogP contribution in [0.2, 0.25) is 0 Å². The molecule has 104 valence electrons. The molecule has 4 heteroatoms. The highest BCUT2D eigenvalue weighted by Crippen LogP contribution is 2.24. The largest absolute Gasteiger partial charge is 0.545 e. The monoisotopic (exact) mass is 273 g/mol. The summed E-state index contributed by atoms with van der Waals surface area (Å²) in [5, 5.41) is 11.1. The molecule has 20 heavy (non-hydrogen) atoms. The number of carboxylic acids is 1. The zero-order valence-electron chi connectivity index (χ0n) is 11.4. The second kappa shape index (κ2) is 5.84. The molecule has 3 nitrogen and oxygen atoms in total. The fourth-order valence-electron chi connectivity index (χ4n) is 2.15. The number of quaternary nitrogens is 1. The van der Waals surface area contributed by atoms with Crippen LogP contribution in [0.1, 0.15) is 15.9 Å². The van der Waals surface area contributed by atoms with E-state index in [1.54, 1.807) is 0 Å². The van der Waals surface area contributed by atoms with Gasteiger partial charge in [0.05, 0.1) is 20.1 Å². The summed E-state index contributed by atoms with van der Waals surface area (Å²) in [7, 11) is 4.12. The molecule has 0 bridgehead atoms. The van der Waals surface area contributed by atoms with Crippen LogP contribution < -0.4 is 10.0 Å². The van der Waals surface area contributed by atoms with Crippen molar-refractivity contribution in [1.82, 2.24) is 0 Å². The summed E-state index contributed by atoms with van der Waals surface area (Å²) < 4.78 is 13.1. The SMILES string of the molecule is C[NH+](C)Cc1ccc(-c2ccc(F)cc2C(=O)[O-])cc1. The fourth-order valence-corrected chi connectivity index (χ4v) is 2.15. The van der Waals surface area contributed by atoms with Crippen molar-refractivity contribution in [2.24, 2.45) is 0 Å². The van der Waals surface area contributed by atoms with Gasteiger partial charge in [0, 0.05) is 11.1 Å². The summed E-state index contributed by atoms with van der Waals surface area (Å²) in [5.41, 5.74) is 2.23. The van der Waals surface area contributed by atoms with E-state index in [0.717, 1.165) is 23.7 Å². The Balaban J connectivity index is 2.39. The van der Waals surface area contributed by atoms with E-state index >= 15 is 0 Å². The molecule has 0 spiro atoms. The summed E-state index contributed by atoms with van der Waals surface area (Å²) in [6.45, 7) is 0.886. The van der Waals surface area contributed by atoms with E-state index in [9.17, 15) is 14.3 Å². The van der Waals surface area contributed by atoms with Crippen LogP contribution in [0.15, 0.2) is 42.5 Å². The highest BCUT2D eigenvalue weighted by atomic mass is 19.1. The number of nitrogens with one attached hydrogen (secondary N) is 1. The molecular weight excluding hydrogens is 257 g/mol. The Morgan fingerprint density at radius 1 is 1.15 bits per heavy atom. The molecule has 0 amide bonds. The average Bonchev–Trinajstić information content (AvgIpc) is 2.39. The van der Waals surface area contributed by atoms with Gasteiger partial charge in [-0.25, -0.2) is 4.39 Å². The zero-order valence-corrected chi connectivity index (χ0v) is 11.4. The van der Waals surface area contributed by atoms with E-state index < -0.39 is 11.8 Å². The third kappa shape index (κ3) is 3.22. The van der Waals surface area contributed by atoms with E-state index in [2.05, 4.69) is 14.1 Å². The first-order valence-electron chi connectivity index (χ1n) is 6.36. The van der Waals surface area contributed by atoms with Crippen molar-refractivity contribution in [2.45, 2.75) is 6.54 Å². The van der Waals surface area contributed by atoms with E-state index in [0.29, 0.717) is 5.56 Å². The minimum Gasteiger partial charge on any atom is -0.545 e. The summed E-state index contributed by atoms with van der Waals surface area (Å²) in [5.74, 6) is -1.96. The van der Waals surface area contributed by atoms with Crippen molar-refractivity contribution in [1.29, 1.82) is 0 Å². The van der Waals surface area contributed by atoms with Crippen LogP contribution in [0, 0.1) is 5.82 Å². The van der Waals surface area contributed by atoms with Gasteiger partial charge < -0.3 is 14.8 Å². The van der Waals surface area contributed by atoms with Crippen molar-refractivity contribution >= 4 is 5.97 Å². The molecule has 2 aromatic carbocycles. The van der Waals surface area contributed by atoms with Crippen LogP contribution in [0.25, 0.3) is 11.1 Å². The van der Waals surface area contributed by atoms with Crippen LogP contribution in [0.4, 0.5) is 4.39 Å². The number of benzene rings is 2. The number of carbonyl (C=O) groups excluding carboxylic acids is 1. The normalized spacial score (nSPS) is 10.8. The summed E-state index contributed by atoms with van der Waals surface area (Å²) >= 11 is 0. The lowest BCUT2D eigenvalue weighted by Gasteiger charge is -2.12. The predicted octanol–water partition coefficient (Wildman–Crippen LogP) is 0.501. The molecule has 1 N–H and O–H groups in total. The zero-order chi connectivity index (χ0) is 14.7. The third-order valence-electron chi connectivity index (χ3n) is 3.02. The van der Waals surface area contributed by atoms with Crippen molar-refractivity contribution in [3.63, 3.8) is 0 Å². The van der Waals surface area contributed by atoms with Gasteiger partial charge in [-0.15, -0.1) is 0 Å². The standard InChI is InChI=1S/C16H16FNO2/c1-18(2)10-11-3-5-12(6-4-11)14-8-7-13(17)9-15(14)16(19)20/h3-9H,10H2,1-2H3,(H,19,20). The second-order valence-corrected chi connectivity index (χ2v) is 5.06. The second-order valence-electron chi connectivity index (χ2n) is 5.06. The molecule has 0 aliphatic carbocycles. The van der Waals surface area contributed by atoms with E-state index in [-0.39, 0.29) is 5.56 Å². The molecule has 0 atom stereocenters. The number of halogens is 1. The van der Waals surface area contributed by atoms with Gasteiger partial charge in [0.1, 0.15) is 12.4 Å². The lowest BCUT2D eigenvalue weighted by Crippen LogP contribution is -3.04. The maximum Gasteiger partial charge on any atom is 0.123 e. The summed E-state index contributed by atoms with van der Waals surface area (Å²) in [6.07, 6.45) is 0. The lowest BCUT2D eigenvalue weighted by molar-refractivity contribution is -0.872. The molecule has 2 rings (SSSR count). The Hall–Kier alpha value is -2.20. The van der Waals surface area contributed by atoms with E-state index in [1.165, 1.54) is 17.0 Å². The van der Waals surface area contributed by atoms with Crippen LogP contribution in [-0.4, -0.2) is 20.1 Å². The Morgan fingerprint density at radius 2 is 1.80 bits per heavy atom. The molecule has 0 aliphatic rings. The van der Waals surface area contributed by atoms with Crippen molar-refractivity contribution < 1.29 is 19.2 Å². The van der Waals surface area contributed by atoms with E-state index in [1.807, 2.05) is 24.3 Å². The van der Waals surface area contributed by atoms with Gasteiger partial charge in [-0.3, -0.25) is 0 Å². The Labute approximate surface area is 117 Å². The van der Waals surface area contributed by atoms with E-state index in [4.69, 9.17) is 0 Å². The van der Waals surface area contributed by atoms with Gasteiger partial charge >= 0.3 is 0 Å².